The Balaban J connectivity index is 0.00000121. The van der Waals surface area contributed by atoms with Crippen LogP contribution in [0.2, 0.25) is 0 Å². The van der Waals surface area contributed by atoms with E-state index in [0.717, 1.165) is 5.56 Å². The summed E-state index contributed by atoms with van der Waals surface area (Å²) < 4.78 is 19.8. The number of hydrogen-bond donors (Lipinski definition) is 1. The first-order valence-corrected chi connectivity index (χ1v) is 5.48. The standard InChI is InChI=1S/C7H8O2S2.Fe/c1-6-2-4-7(5-3-6)11(8,9)10;/h2-5H,1H3,(H,8,9,10);. The van der Waals surface area contributed by atoms with Gasteiger partial charge in [0, 0.05) is 28.3 Å². The summed E-state index contributed by atoms with van der Waals surface area (Å²) in [6.45, 7) is 1.91. The Labute approximate surface area is 87.3 Å². The van der Waals surface area contributed by atoms with E-state index in [1.165, 1.54) is 0 Å². The van der Waals surface area contributed by atoms with Gasteiger partial charge in [0.15, 0.2) is 8.77 Å². The summed E-state index contributed by atoms with van der Waals surface area (Å²) in [6.07, 6.45) is 0. The van der Waals surface area contributed by atoms with Gasteiger partial charge < -0.3 is 4.55 Å². The molecule has 68 valence electrons. The molecule has 1 atom stereocenters. The van der Waals surface area contributed by atoms with Gasteiger partial charge in [-0.05, 0) is 19.1 Å². The van der Waals surface area contributed by atoms with Gasteiger partial charge in [-0.15, -0.1) is 0 Å². The summed E-state index contributed by atoms with van der Waals surface area (Å²) in [7, 11) is -3.19. The SMILES string of the molecule is Cc1ccc(S(=O)(O)=S)cc1.[Fe]. The zero-order chi connectivity index (χ0) is 8.48. The summed E-state index contributed by atoms with van der Waals surface area (Å²) in [5.74, 6) is 0. The van der Waals surface area contributed by atoms with Gasteiger partial charge in [-0.3, -0.25) is 0 Å². The molecule has 0 aromatic heterocycles. The average molecular weight is 244 g/mol. The third kappa shape index (κ3) is 3.21. The number of hydrogen-bond acceptors (Lipinski definition) is 2. The predicted molar refractivity (Wildman–Crippen MR) is 47.6 cm³/mol. The molecule has 0 radical (unpaired) electrons. The van der Waals surface area contributed by atoms with Crippen molar-refractivity contribution in [1.82, 2.24) is 0 Å². The van der Waals surface area contributed by atoms with E-state index in [4.69, 9.17) is 4.55 Å². The zero-order valence-corrected chi connectivity index (χ0v) is 9.07. The minimum Gasteiger partial charge on any atom is -0.302 e. The van der Waals surface area contributed by atoms with Gasteiger partial charge in [0.2, 0.25) is 0 Å². The van der Waals surface area contributed by atoms with Crippen LogP contribution in [0.1, 0.15) is 5.56 Å². The third-order valence-electron chi connectivity index (χ3n) is 1.32. The van der Waals surface area contributed by atoms with Crippen LogP contribution in [-0.2, 0) is 37.0 Å². The minimum atomic E-state index is -3.19. The smallest absolute Gasteiger partial charge is 0.171 e. The van der Waals surface area contributed by atoms with Crippen LogP contribution in [0, 0.1) is 6.92 Å². The van der Waals surface area contributed by atoms with Crippen LogP contribution >= 0.6 is 0 Å². The Morgan fingerprint density at radius 3 is 2.08 bits per heavy atom. The maximum atomic E-state index is 10.9. The summed E-state index contributed by atoms with van der Waals surface area (Å²) in [6, 6.07) is 6.67. The molecule has 1 aromatic rings. The van der Waals surface area contributed by atoms with Crippen molar-refractivity contribution in [1.29, 1.82) is 0 Å². The average Bonchev–Trinajstić information content (AvgIpc) is 1.86. The quantitative estimate of drug-likeness (QED) is 0.762. The molecule has 0 fully saturated rings. The molecule has 1 unspecified atom stereocenters. The first-order chi connectivity index (χ1) is 5.00. The Hall–Kier alpha value is 0.0695. The van der Waals surface area contributed by atoms with Crippen molar-refractivity contribution in [3.63, 3.8) is 0 Å². The fourth-order valence-corrected chi connectivity index (χ4v) is 1.52. The van der Waals surface area contributed by atoms with Crippen LogP contribution in [0.3, 0.4) is 0 Å². The van der Waals surface area contributed by atoms with Crippen LogP contribution < -0.4 is 0 Å². The van der Waals surface area contributed by atoms with Crippen molar-refractivity contribution in [2.45, 2.75) is 11.8 Å². The zero-order valence-electron chi connectivity index (χ0n) is 6.33. The van der Waals surface area contributed by atoms with Gasteiger partial charge in [0.05, 0.1) is 4.90 Å². The van der Waals surface area contributed by atoms with E-state index in [1.807, 2.05) is 6.92 Å². The largest absolute Gasteiger partial charge is 0.302 e. The van der Waals surface area contributed by atoms with E-state index in [9.17, 15) is 4.21 Å². The van der Waals surface area contributed by atoms with Gasteiger partial charge in [-0.1, -0.05) is 17.7 Å². The van der Waals surface area contributed by atoms with E-state index in [2.05, 4.69) is 11.2 Å². The predicted octanol–water partition coefficient (Wildman–Crippen LogP) is 1.57. The summed E-state index contributed by atoms with van der Waals surface area (Å²) in [5, 5.41) is 0. The summed E-state index contributed by atoms with van der Waals surface area (Å²) >= 11 is 4.38. The molecule has 1 N–H and O–H groups in total. The van der Waals surface area contributed by atoms with Crippen LogP contribution in [-0.4, -0.2) is 8.76 Å². The molecule has 2 nitrogen and oxygen atoms in total. The molecule has 1 aromatic carbocycles. The molecule has 0 saturated carbocycles. The fourth-order valence-electron chi connectivity index (χ4n) is 0.710. The first kappa shape index (κ1) is 12.1. The third-order valence-corrected chi connectivity index (χ3v) is 2.76. The Bertz CT molecular complexity index is 342. The van der Waals surface area contributed by atoms with Gasteiger partial charge in [0.25, 0.3) is 0 Å². The maximum Gasteiger partial charge on any atom is 0.171 e. The van der Waals surface area contributed by atoms with Gasteiger partial charge in [-0.25, -0.2) is 4.21 Å². The minimum absolute atomic E-state index is 0. The van der Waals surface area contributed by atoms with E-state index in [-0.39, 0.29) is 17.1 Å². The van der Waals surface area contributed by atoms with Gasteiger partial charge in [0.1, 0.15) is 0 Å². The molecule has 0 aliphatic carbocycles. The monoisotopic (exact) mass is 244 g/mol. The molecular formula is C7H8FeO2S2. The molecule has 0 aliphatic rings. The van der Waals surface area contributed by atoms with Crippen molar-refractivity contribution in [3.05, 3.63) is 29.8 Å². The Morgan fingerprint density at radius 2 is 1.75 bits per heavy atom. The molecule has 0 aliphatic heterocycles. The molecular weight excluding hydrogens is 236 g/mol. The molecule has 0 spiro atoms. The van der Waals surface area contributed by atoms with Crippen molar-refractivity contribution in [2.75, 3.05) is 0 Å². The second-order valence-electron chi connectivity index (χ2n) is 2.29. The maximum absolute atomic E-state index is 10.9. The van der Waals surface area contributed by atoms with E-state index < -0.39 is 8.77 Å². The first-order valence-electron chi connectivity index (χ1n) is 3.04. The Morgan fingerprint density at radius 1 is 1.33 bits per heavy atom. The topological polar surface area (TPSA) is 37.3 Å². The van der Waals surface area contributed by atoms with Crippen LogP contribution in [0.25, 0.3) is 0 Å². The number of aryl methyl sites for hydroxylation is 1. The van der Waals surface area contributed by atoms with Gasteiger partial charge in [-0.2, -0.15) is 0 Å². The summed E-state index contributed by atoms with van der Waals surface area (Å²) in [5.41, 5.74) is 1.05. The molecule has 5 heteroatoms. The normalized spacial score (nSPS) is 14.5. The van der Waals surface area contributed by atoms with E-state index in [1.54, 1.807) is 24.3 Å². The summed E-state index contributed by atoms with van der Waals surface area (Å²) in [4.78, 5) is 0.304. The van der Waals surface area contributed by atoms with E-state index in [0.29, 0.717) is 4.90 Å². The van der Waals surface area contributed by atoms with Crippen molar-refractivity contribution < 1.29 is 25.8 Å². The van der Waals surface area contributed by atoms with E-state index >= 15 is 0 Å². The molecule has 1 rings (SSSR count). The molecule has 12 heavy (non-hydrogen) atoms. The molecule has 0 heterocycles. The van der Waals surface area contributed by atoms with Crippen molar-refractivity contribution >= 4 is 20.0 Å². The second kappa shape index (κ2) is 4.35. The Kier molecular flexibility index (Phi) is 4.37. The fraction of sp³-hybridized carbons (Fsp3) is 0.143. The number of benzene rings is 1. The van der Waals surface area contributed by atoms with Gasteiger partial charge >= 0.3 is 0 Å². The second-order valence-corrected chi connectivity index (χ2v) is 5.07. The van der Waals surface area contributed by atoms with Crippen LogP contribution in [0.5, 0.6) is 0 Å². The van der Waals surface area contributed by atoms with Crippen LogP contribution in [0.4, 0.5) is 0 Å². The molecule has 0 bridgehead atoms. The van der Waals surface area contributed by atoms with Crippen LogP contribution in [0.15, 0.2) is 29.2 Å². The number of rotatable bonds is 1. The van der Waals surface area contributed by atoms with Crippen molar-refractivity contribution in [3.8, 4) is 0 Å². The van der Waals surface area contributed by atoms with Crippen molar-refractivity contribution in [2.24, 2.45) is 0 Å². The molecule has 0 saturated heterocycles. The molecule has 0 amide bonds.